The second kappa shape index (κ2) is 3.83. The number of ether oxygens (including phenoxy) is 1. The number of thioether (sulfide) groups is 1. The Hall–Kier alpha value is -0.970. The molecule has 0 aliphatic carbocycles. The second-order valence-electron chi connectivity index (χ2n) is 2.71. The van der Waals surface area contributed by atoms with Gasteiger partial charge in [-0.15, -0.1) is 0 Å². The van der Waals surface area contributed by atoms with Gasteiger partial charge in [0, 0.05) is 6.42 Å². The summed E-state index contributed by atoms with van der Waals surface area (Å²) in [5, 5.41) is 3.85. The Balaban J connectivity index is 2.12. The van der Waals surface area contributed by atoms with E-state index in [0.717, 1.165) is 30.2 Å². The third kappa shape index (κ3) is 1.85. The lowest BCUT2D eigenvalue weighted by molar-refractivity contribution is 0.281. The normalized spacial score (nSPS) is 15.6. The molecule has 0 atom stereocenters. The van der Waals surface area contributed by atoms with Gasteiger partial charge < -0.3 is 9.26 Å². The fourth-order valence-electron chi connectivity index (χ4n) is 1.12. The highest BCUT2D eigenvalue weighted by Gasteiger charge is 2.15. The Kier molecular flexibility index (Phi) is 2.54. The molecule has 0 bridgehead atoms. The van der Waals surface area contributed by atoms with E-state index in [0.29, 0.717) is 5.89 Å². The molecule has 1 aromatic heterocycles. The predicted molar refractivity (Wildman–Crippen MR) is 50.1 cm³/mol. The van der Waals surface area contributed by atoms with Crippen LogP contribution in [0.15, 0.2) is 10.8 Å². The van der Waals surface area contributed by atoms with Crippen LogP contribution in [0, 0.1) is 0 Å². The minimum Gasteiger partial charge on any atom is -0.500 e. The molecule has 2 rings (SSSR count). The molecule has 0 spiro atoms. The topological polar surface area (TPSA) is 48.2 Å². The van der Waals surface area contributed by atoms with Crippen LogP contribution >= 0.6 is 11.8 Å². The van der Waals surface area contributed by atoms with E-state index in [1.807, 2.05) is 6.26 Å². The van der Waals surface area contributed by atoms with Gasteiger partial charge in [0.2, 0.25) is 0 Å². The van der Waals surface area contributed by atoms with Crippen molar-refractivity contribution in [3.63, 3.8) is 0 Å². The van der Waals surface area contributed by atoms with Crippen molar-refractivity contribution >= 4 is 17.3 Å². The molecule has 0 saturated carbocycles. The fourth-order valence-corrected chi connectivity index (χ4v) is 1.49. The summed E-state index contributed by atoms with van der Waals surface area (Å²) in [6.07, 6.45) is 4.56. The van der Waals surface area contributed by atoms with Crippen LogP contribution in [0.2, 0.25) is 0 Å². The van der Waals surface area contributed by atoms with Crippen molar-refractivity contribution in [1.29, 1.82) is 0 Å². The molecule has 0 unspecified atom stereocenters. The minimum absolute atomic E-state index is 0.599. The van der Waals surface area contributed by atoms with E-state index in [4.69, 9.17) is 9.26 Å². The zero-order valence-corrected chi connectivity index (χ0v) is 8.13. The molecular weight excluding hydrogens is 188 g/mol. The maximum atomic E-state index is 5.09. The van der Waals surface area contributed by atoms with Crippen molar-refractivity contribution in [3.8, 4) is 0 Å². The first-order chi connectivity index (χ1) is 6.40. The summed E-state index contributed by atoms with van der Waals surface area (Å²) in [6, 6.07) is 0. The number of hydrogen-bond acceptors (Lipinski definition) is 5. The lowest BCUT2D eigenvalue weighted by Crippen LogP contribution is -1.85. The summed E-state index contributed by atoms with van der Waals surface area (Å²) < 4.78 is 10.2. The summed E-state index contributed by atoms with van der Waals surface area (Å²) >= 11 is 1.67. The third-order valence-electron chi connectivity index (χ3n) is 1.73. The molecule has 1 aliphatic rings. The lowest BCUT2D eigenvalue weighted by atomic mass is 10.2. The molecule has 0 N–H and O–H groups in total. The third-order valence-corrected chi connectivity index (χ3v) is 2.28. The zero-order chi connectivity index (χ0) is 9.10. The van der Waals surface area contributed by atoms with E-state index >= 15 is 0 Å². The van der Waals surface area contributed by atoms with E-state index in [1.54, 1.807) is 18.0 Å². The van der Waals surface area contributed by atoms with Gasteiger partial charge in [-0.1, -0.05) is 5.16 Å². The van der Waals surface area contributed by atoms with Gasteiger partial charge in [0.05, 0.1) is 24.2 Å². The van der Waals surface area contributed by atoms with Gasteiger partial charge in [0.25, 0.3) is 5.89 Å². The smallest absolute Gasteiger partial charge is 0.257 e. The van der Waals surface area contributed by atoms with E-state index in [1.165, 1.54) is 0 Å². The first-order valence-electron chi connectivity index (χ1n) is 4.02. The molecule has 0 fully saturated rings. The highest BCUT2D eigenvalue weighted by atomic mass is 32.2. The summed E-state index contributed by atoms with van der Waals surface area (Å²) in [6.45, 7) is 0.718. The molecular formula is C8H10N2O2S. The monoisotopic (exact) mass is 198 g/mol. The van der Waals surface area contributed by atoms with Gasteiger partial charge in [0.15, 0.2) is 5.82 Å². The van der Waals surface area contributed by atoms with Crippen LogP contribution in [-0.2, 0) is 10.5 Å². The van der Waals surface area contributed by atoms with Gasteiger partial charge in [-0.3, -0.25) is 0 Å². The summed E-state index contributed by atoms with van der Waals surface area (Å²) in [5.41, 5.74) is 1.000. The Labute approximate surface area is 80.3 Å². The van der Waals surface area contributed by atoms with E-state index in [9.17, 15) is 0 Å². The van der Waals surface area contributed by atoms with Crippen molar-refractivity contribution in [1.82, 2.24) is 10.1 Å². The summed E-state index contributed by atoms with van der Waals surface area (Å²) in [5.74, 6) is 2.13. The van der Waals surface area contributed by atoms with Gasteiger partial charge in [0.1, 0.15) is 0 Å². The van der Waals surface area contributed by atoms with Gasteiger partial charge in [-0.25, -0.2) is 0 Å². The van der Waals surface area contributed by atoms with Crippen molar-refractivity contribution in [3.05, 3.63) is 18.0 Å². The predicted octanol–water partition coefficient (Wildman–Crippen LogP) is 1.69. The molecule has 4 nitrogen and oxygen atoms in total. The van der Waals surface area contributed by atoms with E-state index in [-0.39, 0.29) is 0 Å². The van der Waals surface area contributed by atoms with Gasteiger partial charge in [-0.2, -0.15) is 16.7 Å². The van der Waals surface area contributed by atoms with Gasteiger partial charge in [-0.05, 0) is 6.26 Å². The first-order valence-corrected chi connectivity index (χ1v) is 5.42. The van der Waals surface area contributed by atoms with Crippen molar-refractivity contribution in [2.75, 3.05) is 12.9 Å². The standard InChI is InChI=1S/C8H10N2O2S/c1-13-5-7-9-8(12-10-7)6-2-3-11-4-6/h4H,2-3,5H2,1H3. The number of nitrogens with zero attached hydrogens (tertiary/aromatic N) is 2. The Morgan fingerprint density at radius 1 is 1.62 bits per heavy atom. The van der Waals surface area contributed by atoms with Crippen LogP contribution in [0.1, 0.15) is 18.1 Å². The maximum Gasteiger partial charge on any atom is 0.257 e. The molecule has 0 amide bonds. The zero-order valence-electron chi connectivity index (χ0n) is 7.32. The lowest BCUT2D eigenvalue weighted by Gasteiger charge is -1.87. The fraction of sp³-hybridized carbons (Fsp3) is 0.500. The van der Waals surface area contributed by atoms with Crippen molar-refractivity contribution in [2.24, 2.45) is 0 Å². The SMILES string of the molecule is CSCc1noc(C2=COCC2)n1. The van der Waals surface area contributed by atoms with Crippen LogP contribution in [0.3, 0.4) is 0 Å². The molecule has 0 saturated heterocycles. The molecule has 2 heterocycles. The van der Waals surface area contributed by atoms with Crippen LogP contribution < -0.4 is 0 Å². The van der Waals surface area contributed by atoms with Crippen molar-refractivity contribution < 1.29 is 9.26 Å². The van der Waals surface area contributed by atoms with Crippen LogP contribution in [0.5, 0.6) is 0 Å². The Bertz CT molecular complexity index is 322. The largest absolute Gasteiger partial charge is 0.500 e. The highest BCUT2D eigenvalue weighted by molar-refractivity contribution is 7.97. The second-order valence-corrected chi connectivity index (χ2v) is 3.58. The highest BCUT2D eigenvalue weighted by Crippen LogP contribution is 2.21. The van der Waals surface area contributed by atoms with Crippen LogP contribution in [0.4, 0.5) is 0 Å². The van der Waals surface area contributed by atoms with E-state index in [2.05, 4.69) is 10.1 Å². The molecule has 0 aromatic carbocycles. The minimum atomic E-state index is 0.599. The molecule has 70 valence electrons. The van der Waals surface area contributed by atoms with Gasteiger partial charge >= 0.3 is 0 Å². The molecule has 0 radical (unpaired) electrons. The van der Waals surface area contributed by atoms with E-state index < -0.39 is 0 Å². The summed E-state index contributed by atoms with van der Waals surface area (Å²) in [4.78, 5) is 4.24. The summed E-state index contributed by atoms with van der Waals surface area (Å²) in [7, 11) is 0. The molecule has 1 aromatic rings. The van der Waals surface area contributed by atoms with Crippen LogP contribution in [-0.4, -0.2) is 23.0 Å². The molecule has 1 aliphatic heterocycles. The maximum absolute atomic E-state index is 5.09. The van der Waals surface area contributed by atoms with Crippen LogP contribution in [0.25, 0.3) is 5.57 Å². The Morgan fingerprint density at radius 3 is 3.23 bits per heavy atom. The number of rotatable bonds is 3. The van der Waals surface area contributed by atoms with Crippen molar-refractivity contribution in [2.45, 2.75) is 12.2 Å². The number of aromatic nitrogens is 2. The first kappa shape index (κ1) is 8.62. The average molecular weight is 198 g/mol. The Morgan fingerprint density at radius 2 is 2.54 bits per heavy atom. The molecule has 5 heteroatoms. The quantitative estimate of drug-likeness (QED) is 0.739. The number of hydrogen-bond donors (Lipinski definition) is 0. The average Bonchev–Trinajstić information content (AvgIpc) is 2.70. The molecule has 13 heavy (non-hydrogen) atoms.